The fraction of sp³-hybridized carbons (Fsp3) is 0.200. The van der Waals surface area contributed by atoms with E-state index in [0.717, 1.165) is 28.0 Å². The number of fused-ring (bicyclic) bond motifs is 1. The summed E-state index contributed by atoms with van der Waals surface area (Å²) in [6.45, 7) is 4.61. The second kappa shape index (κ2) is 7.76. The lowest BCUT2D eigenvalue weighted by molar-refractivity contribution is 0.0303. The van der Waals surface area contributed by atoms with Crippen molar-refractivity contribution in [3.8, 4) is 22.4 Å². The lowest BCUT2D eigenvalue weighted by atomic mass is 10.0. The molecule has 5 nitrogen and oxygen atoms in total. The number of carbonyl (C=O) groups is 1. The first-order valence-electron chi connectivity index (χ1n) is 10.2. The van der Waals surface area contributed by atoms with Crippen LogP contribution in [0.5, 0.6) is 0 Å². The van der Waals surface area contributed by atoms with E-state index < -0.39 is 0 Å². The Morgan fingerprint density at radius 3 is 2.27 bits per heavy atom. The molecule has 0 N–H and O–H groups in total. The van der Waals surface area contributed by atoms with Crippen molar-refractivity contribution in [3.63, 3.8) is 0 Å². The molecule has 0 atom stereocenters. The Hall–Kier alpha value is -3.44. The van der Waals surface area contributed by atoms with E-state index in [1.165, 1.54) is 5.56 Å². The van der Waals surface area contributed by atoms with Gasteiger partial charge < -0.3 is 9.64 Å². The Kier molecular flexibility index (Phi) is 4.81. The smallest absolute Gasteiger partial charge is 0.254 e. The summed E-state index contributed by atoms with van der Waals surface area (Å²) in [4.78, 5) is 19.1. The summed E-state index contributed by atoms with van der Waals surface area (Å²) in [5.74, 6) is 0.0663. The summed E-state index contributed by atoms with van der Waals surface area (Å²) in [6, 6.07) is 20.4. The number of carbonyl (C=O) groups excluding carboxylic acids is 1. The van der Waals surface area contributed by atoms with Gasteiger partial charge in [0.15, 0.2) is 0 Å². The molecular weight excluding hydrogens is 374 g/mol. The molecule has 4 aromatic rings. The van der Waals surface area contributed by atoms with Gasteiger partial charge in [0.05, 0.1) is 25.1 Å². The third-order valence-corrected chi connectivity index (χ3v) is 5.62. The van der Waals surface area contributed by atoms with E-state index in [1.807, 2.05) is 41.4 Å². The molecule has 1 saturated heterocycles. The molecule has 3 heterocycles. The van der Waals surface area contributed by atoms with Gasteiger partial charge in [-0.2, -0.15) is 0 Å². The molecule has 2 aromatic carbocycles. The zero-order valence-corrected chi connectivity index (χ0v) is 16.9. The molecule has 5 rings (SSSR count). The van der Waals surface area contributed by atoms with Crippen molar-refractivity contribution in [2.45, 2.75) is 6.92 Å². The molecule has 1 aliphatic rings. The minimum absolute atomic E-state index is 0.0663. The van der Waals surface area contributed by atoms with Crippen LogP contribution in [0.4, 0.5) is 0 Å². The van der Waals surface area contributed by atoms with Crippen LogP contribution in [0.15, 0.2) is 73.1 Å². The van der Waals surface area contributed by atoms with Crippen molar-refractivity contribution in [2.75, 3.05) is 26.3 Å². The van der Waals surface area contributed by atoms with Crippen molar-refractivity contribution in [3.05, 3.63) is 84.2 Å². The van der Waals surface area contributed by atoms with E-state index in [0.29, 0.717) is 31.9 Å². The highest BCUT2D eigenvalue weighted by Crippen LogP contribution is 2.26. The first kappa shape index (κ1) is 18.6. The van der Waals surface area contributed by atoms with Crippen LogP contribution in [-0.2, 0) is 4.74 Å². The summed E-state index contributed by atoms with van der Waals surface area (Å²) in [7, 11) is 0. The molecule has 150 valence electrons. The molecule has 0 bridgehead atoms. The molecule has 0 aliphatic carbocycles. The summed E-state index contributed by atoms with van der Waals surface area (Å²) in [5, 5.41) is 0. The van der Waals surface area contributed by atoms with Gasteiger partial charge in [-0.1, -0.05) is 42.0 Å². The average molecular weight is 397 g/mol. The highest BCUT2D eigenvalue weighted by Gasteiger charge is 2.18. The quantitative estimate of drug-likeness (QED) is 0.513. The molecule has 0 spiro atoms. The number of nitrogens with zero attached hydrogens (tertiary/aromatic N) is 3. The standard InChI is InChI=1S/C25H23N3O2/c1-18-2-4-20(5-3-18)23-16-26-24-11-10-22(17-28(23)24)19-6-8-21(9-7-19)25(29)27-12-14-30-15-13-27/h2-11,16-17H,12-15H2,1H3. The van der Waals surface area contributed by atoms with Crippen LogP contribution in [0, 0.1) is 6.92 Å². The number of morpholine rings is 1. The van der Waals surface area contributed by atoms with Crippen LogP contribution in [0.1, 0.15) is 15.9 Å². The molecule has 1 fully saturated rings. The highest BCUT2D eigenvalue weighted by molar-refractivity contribution is 5.94. The van der Waals surface area contributed by atoms with Crippen LogP contribution >= 0.6 is 0 Å². The summed E-state index contributed by atoms with van der Waals surface area (Å²) < 4.78 is 7.46. The van der Waals surface area contributed by atoms with Crippen LogP contribution in [-0.4, -0.2) is 46.5 Å². The second-order valence-corrected chi connectivity index (χ2v) is 7.64. The average Bonchev–Trinajstić information content (AvgIpc) is 3.23. The normalized spacial score (nSPS) is 14.2. The molecule has 30 heavy (non-hydrogen) atoms. The Bertz CT molecular complexity index is 1190. The zero-order valence-electron chi connectivity index (χ0n) is 16.9. The third kappa shape index (κ3) is 3.48. The van der Waals surface area contributed by atoms with Crippen molar-refractivity contribution in [1.29, 1.82) is 0 Å². The van der Waals surface area contributed by atoms with Crippen molar-refractivity contribution >= 4 is 11.6 Å². The number of rotatable bonds is 3. The van der Waals surface area contributed by atoms with Gasteiger partial charge in [0.2, 0.25) is 0 Å². The zero-order chi connectivity index (χ0) is 20.5. The van der Waals surface area contributed by atoms with E-state index in [2.05, 4.69) is 52.8 Å². The lowest BCUT2D eigenvalue weighted by Crippen LogP contribution is -2.40. The van der Waals surface area contributed by atoms with Gasteiger partial charge in [-0.25, -0.2) is 4.98 Å². The first-order valence-corrected chi connectivity index (χ1v) is 10.2. The van der Waals surface area contributed by atoms with E-state index in [-0.39, 0.29) is 5.91 Å². The molecule has 0 unspecified atom stereocenters. The monoisotopic (exact) mass is 397 g/mol. The van der Waals surface area contributed by atoms with E-state index in [9.17, 15) is 4.79 Å². The Morgan fingerprint density at radius 2 is 1.53 bits per heavy atom. The van der Waals surface area contributed by atoms with Crippen molar-refractivity contribution in [2.24, 2.45) is 0 Å². The number of hydrogen-bond donors (Lipinski definition) is 0. The molecule has 2 aromatic heterocycles. The fourth-order valence-corrected chi connectivity index (χ4v) is 3.84. The van der Waals surface area contributed by atoms with Gasteiger partial charge in [0.25, 0.3) is 5.91 Å². The summed E-state index contributed by atoms with van der Waals surface area (Å²) >= 11 is 0. The molecule has 0 saturated carbocycles. The number of aryl methyl sites for hydroxylation is 1. The minimum atomic E-state index is 0.0663. The highest BCUT2D eigenvalue weighted by atomic mass is 16.5. The van der Waals surface area contributed by atoms with E-state index >= 15 is 0 Å². The van der Waals surface area contributed by atoms with Gasteiger partial charge in [-0.3, -0.25) is 9.20 Å². The van der Waals surface area contributed by atoms with Gasteiger partial charge in [-0.15, -0.1) is 0 Å². The third-order valence-electron chi connectivity index (χ3n) is 5.62. The first-order chi connectivity index (χ1) is 14.7. The topological polar surface area (TPSA) is 46.8 Å². The number of hydrogen-bond acceptors (Lipinski definition) is 3. The van der Waals surface area contributed by atoms with Gasteiger partial charge in [0.1, 0.15) is 5.65 Å². The number of ether oxygens (including phenoxy) is 1. The molecule has 1 amide bonds. The predicted octanol–water partition coefficient (Wildman–Crippen LogP) is 4.45. The van der Waals surface area contributed by atoms with Crippen molar-refractivity contribution in [1.82, 2.24) is 14.3 Å². The van der Waals surface area contributed by atoms with Crippen LogP contribution < -0.4 is 0 Å². The van der Waals surface area contributed by atoms with E-state index in [4.69, 9.17) is 4.74 Å². The molecular formula is C25H23N3O2. The van der Waals surface area contributed by atoms with E-state index in [1.54, 1.807) is 0 Å². The molecule has 0 radical (unpaired) electrons. The van der Waals surface area contributed by atoms with Gasteiger partial charge in [-0.05, 0) is 42.3 Å². The maximum Gasteiger partial charge on any atom is 0.254 e. The number of benzene rings is 2. The Balaban J connectivity index is 1.45. The number of imidazole rings is 1. The maximum atomic E-state index is 12.7. The summed E-state index contributed by atoms with van der Waals surface area (Å²) in [6.07, 6.45) is 4.02. The van der Waals surface area contributed by atoms with Gasteiger partial charge in [0, 0.05) is 30.4 Å². The predicted molar refractivity (Wildman–Crippen MR) is 118 cm³/mol. The molecule has 5 heteroatoms. The maximum absolute atomic E-state index is 12.7. The Morgan fingerprint density at radius 1 is 0.867 bits per heavy atom. The van der Waals surface area contributed by atoms with Crippen molar-refractivity contribution < 1.29 is 9.53 Å². The summed E-state index contributed by atoms with van der Waals surface area (Å²) in [5.41, 5.74) is 7.21. The van der Waals surface area contributed by atoms with Gasteiger partial charge >= 0.3 is 0 Å². The SMILES string of the molecule is Cc1ccc(-c2cnc3ccc(-c4ccc(C(=O)N5CCOCC5)cc4)cn23)cc1. The largest absolute Gasteiger partial charge is 0.378 e. The van der Waals surface area contributed by atoms with Crippen LogP contribution in [0.3, 0.4) is 0 Å². The number of pyridine rings is 1. The number of aromatic nitrogens is 2. The minimum Gasteiger partial charge on any atom is -0.378 e. The lowest BCUT2D eigenvalue weighted by Gasteiger charge is -2.26. The van der Waals surface area contributed by atoms with Crippen LogP contribution in [0.2, 0.25) is 0 Å². The second-order valence-electron chi connectivity index (χ2n) is 7.64. The Labute approximate surface area is 175 Å². The number of amides is 1. The molecule has 1 aliphatic heterocycles. The van der Waals surface area contributed by atoms with Crippen LogP contribution in [0.25, 0.3) is 28.0 Å². The fourth-order valence-electron chi connectivity index (χ4n) is 3.84.